The van der Waals surface area contributed by atoms with Crippen molar-refractivity contribution >= 4 is 0 Å². The minimum Gasteiger partial charge on any atom is -0.368 e. The lowest BCUT2D eigenvalue weighted by atomic mass is 9.72. The van der Waals surface area contributed by atoms with Gasteiger partial charge in [0.2, 0.25) is 0 Å². The summed E-state index contributed by atoms with van der Waals surface area (Å²) in [4.78, 5) is 16.6. The number of pyridine rings is 3. The number of hydrogen-bond donors (Lipinski definition) is 1. The van der Waals surface area contributed by atoms with Crippen LogP contribution >= 0.6 is 0 Å². The van der Waals surface area contributed by atoms with Crippen molar-refractivity contribution in [2.75, 3.05) is 13.2 Å². The van der Waals surface area contributed by atoms with Gasteiger partial charge in [-0.25, -0.2) is 0 Å². The lowest BCUT2D eigenvalue weighted by Crippen LogP contribution is -2.60. The number of morpholine rings is 1. The summed E-state index contributed by atoms with van der Waals surface area (Å²) in [5, 5.41) is 7.34. The molecular formula is C28H30N6O. The first-order valence-corrected chi connectivity index (χ1v) is 12.5. The van der Waals surface area contributed by atoms with Crippen molar-refractivity contribution in [1.82, 2.24) is 30.0 Å². The van der Waals surface area contributed by atoms with E-state index in [0.29, 0.717) is 12.6 Å². The Morgan fingerprint density at radius 2 is 1.71 bits per heavy atom. The number of rotatable bonds is 5. The number of H-pyrrole nitrogens is 1. The van der Waals surface area contributed by atoms with Gasteiger partial charge in [0.05, 0.1) is 18.0 Å². The van der Waals surface area contributed by atoms with Crippen LogP contribution in [0.1, 0.15) is 55.0 Å². The SMILES string of the molecule is c1cncc(C2(c3ccncc3)C(c3ncccc3-c3ccn[nH]3)OCCN2C2CCCCC2)c1. The lowest BCUT2D eigenvalue weighted by Gasteiger charge is -2.55. The predicted molar refractivity (Wildman–Crippen MR) is 133 cm³/mol. The van der Waals surface area contributed by atoms with Crippen LogP contribution in [0.15, 0.2) is 79.6 Å². The number of aromatic nitrogens is 5. The highest BCUT2D eigenvalue weighted by molar-refractivity contribution is 5.63. The Kier molecular flexibility index (Phi) is 6.10. The van der Waals surface area contributed by atoms with E-state index in [1.54, 1.807) is 6.20 Å². The fraction of sp³-hybridized carbons (Fsp3) is 0.357. The molecule has 0 bridgehead atoms. The van der Waals surface area contributed by atoms with Crippen LogP contribution in [-0.2, 0) is 10.3 Å². The van der Waals surface area contributed by atoms with Crippen molar-refractivity contribution in [2.24, 2.45) is 0 Å². The van der Waals surface area contributed by atoms with E-state index in [-0.39, 0.29) is 6.10 Å². The van der Waals surface area contributed by atoms with Crippen LogP contribution in [0.3, 0.4) is 0 Å². The largest absolute Gasteiger partial charge is 0.368 e. The molecule has 35 heavy (non-hydrogen) atoms. The van der Waals surface area contributed by atoms with Gasteiger partial charge < -0.3 is 4.74 Å². The Morgan fingerprint density at radius 3 is 2.49 bits per heavy atom. The minimum atomic E-state index is -0.597. The van der Waals surface area contributed by atoms with Crippen LogP contribution in [0.25, 0.3) is 11.3 Å². The van der Waals surface area contributed by atoms with Gasteiger partial charge in [-0.05, 0) is 60.4 Å². The van der Waals surface area contributed by atoms with Crippen molar-refractivity contribution in [1.29, 1.82) is 0 Å². The maximum atomic E-state index is 6.76. The summed E-state index contributed by atoms with van der Waals surface area (Å²) >= 11 is 0. The summed E-state index contributed by atoms with van der Waals surface area (Å²) in [6.07, 6.45) is 17.1. The van der Waals surface area contributed by atoms with Crippen LogP contribution in [0, 0.1) is 0 Å². The Morgan fingerprint density at radius 1 is 0.857 bits per heavy atom. The zero-order valence-electron chi connectivity index (χ0n) is 19.8. The maximum absolute atomic E-state index is 6.76. The number of hydrogen-bond acceptors (Lipinski definition) is 6. The molecule has 1 N–H and O–H groups in total. The van der Waals surface area contributed by atoms with E-state index in [1.165, 1.54) is 32.1 Å². The van der Waals surface area contributed by atoms with E-state index in [0.717, 1.165) is 34.6 Å². The fourth-order valence-corrected chi connectivity index (χ4v) is 6.11. The normalized spacial score (nSPS) is 23.8. The van der Waals surface area contributed by atoms with Crippen LogP contribution in [-0.4, -0.2) is 49.2 Å². The van der Waals surface area contributed by atoms with Crippen molar-refractivity contribution < 1.29 is 4.74 Å². The molecule has 0 amide bonds. The van der Waals surface area contributed by atoms with Crippen LogP contribution < -0.4 is 0 Å². The van der Waals surface area contributed by atoms with Crippen molar-refractivity contribution in [3.8, 4) is 11.3 Å². The molecule has 0 radical (unpaired) electrons. The summed E-state index contributed by atoms with van der Waals surface area (Å²) in [5.74, 6) is 0. The van der Waals surface area contributed by atoms with Gasteiger partial charge in [-0.15, -0.1) is 0 Å². The second-order valence-electron chi connectivity index (χ2n) is 9.39. The number of nitrogens with zero attached hydrogens (tertiary/aromatic N) is 5. The van der Waals surface area contributed by atoms with Crippen molar-refractivity contribution in [3.05, 3.63) is 96.5 Å². The van der Waals surface area contributed by atoms with Crippen LogP contribution in [0.2, 0.25) is 0 Å². The molecule has 1 saturated carbocycles. The van der Waals surface area contributed by atoms with E-state index in [2.05, 4.69) is 49.3 Å². The summed E-state index contributed by atoms with van der Waals surface area (Å²) in [6.45, 7) is 1.50. The standard InChI is InChI=1S/C28H30N6O/c1-2-7-23(8-3-1)34-18-19-35-27(26-24(9-5-14-31-26)25-12-17-32-33-25)28(34,21-10-15-29-16-11-21)22-6-4-13-30-20-22/h4-6,9-17,20,23,27H,1-3,7-8,18-19H2,(H,32,33). The molecule has 0 aromatic carbocycles. The van der Waals surface area contributed by atoms with E-state index in [9.17, 15) is 0 Å². The van der Waals surface area contributed by atoms with Gasteiger partial charge in [0.1, 0.15) is 11.6 Å². The molecule has 2 fully saturated rings. The summed E-state index contributed by atoms with van der Waals surface area (Å²) < 4.78 is 6.76. The monoisotopic (exact) mass is 466 g/mol. The third-order valence-electron chi connectivity index (χ3n) is 7.56. The molecule has 2 aliphatic rings. The molecule has 7 heteroatoms. The molecule has 0 spiro atoms. The number of ether oxygens (including phenoxy) is 1. The molecule has 4 aromatic heterocycles. The predicted octanol–water partition coefficient (Wildman–Crippen LogP) is 4.91. The highest BCUT2D eigenvalue weighted by atomic mass is 16.5. The first kappa shape index (κ1) is 22.1. The number of aromatic amines is 1. The van der Waals surface area contributed by atoms with Gasteiger partial charge in [-0.2, -0.15) is 5.10 Å². The molecule has 5 heterocycles. The lowest BCUT2D eigenvalue weighted by molar-refractivity contribution is -0.138. The van der Waals surface area contributed by atoms with Gasteiger partial charge >= 0.3 is 0 Å². The molecule has 2 unspecified atom stereocenters. The Labute approximate surface area is 205 Å². The molecule has 1 aliphatic carbocycles. The van der Waals surface area contributed by atoms with E-state index >= 15 is 0 Å². The minimum absolute atomic E-state index is 0.343. The molecule has 178 valence electrons. The highest BCUT2D eigenvalue weighted by Crippen LogP contribution is 2.52. The van der Waals surface area contributed by atoms with E-state index < -0.39 is 5.54 Å². The molecular weight excluding hydrogens is 436 g/mol. The molecule has 6 rings (SSSR count). The Balaban J connectivity index is 1.62. The summed E-state index contributed by atoms with van der Waals surface area (Å²) in [5.41, 5.74) is 4.50. The first-order chi connectivity index (χ1) is 17.4. The quantitative estimate of drug-likeness (QED) is 0.450. The maximum Gasteiger partial charge on any atom is 0.127 e. The second kappa shape index (κ2) is 9.68. The smallest absolute Gasteiger partial charge is 0.127 e. The Bertz CT molecular complexity index is 1190. The van der Waals surface area contributed by atoms with Gasteiger partial charge in [-0.1, -0.05) is 25.3 Å². The molecule has 4 aromatic rings. The third-order valence-corrected chi connectivity index (χ3v) is 7.56. The molecule has 7 nitrogen and oxygen atoms in total. The Hall–Kier alpha value is -3.42. The number of nitrogens with one attached hydrogen (secondary N) is 1. The highest BCUT2D eigenvalue weighted by Gasteiger charge is 2.54. The van der Waals surface area contributed by atoms with Crippen molar-refractivity contribution in [3.63, 3.8) is 0 Å². The topological polar surface area (TPSA) is 79.8 Å². The fourth-order valence-electron chi connectivity index (χ4n) is 6.11. The summed E-state index contributed by atoms with van der Waals surface area (Å²) in [7, 11) is 0. The average molecular weight is 467 g/mol. The van der Waals surface area contributed by atoms with Gasteiger partial charge in [0, 0.05) is 55.3 Å². The van der Waals surface area contributed by atoms with Gasteiger partial charge in [0.25, 0.3) is 0 Å². The third kappa shape index (κ3) is 3.85. The second-order valence-corrected chi connectivity index (χ2v) is 9.39. The first-order valence-electron chi connectivity index (χ1n) is 12.5. The van der Waals surface area contributed by atoms with Crippen LogP contribution in [0.4, 0.5) is 0 Å². The van der Waals surface area contributed by atoms with Gasteiger partial charge in [0.15, 0.2) is 0 Å². The molecule has 1 aliphatic heterocycles. The molecule has 2 atom stereocenters. The van der Waals surface area contributed by atoms with Crippen molar-refractivity contribution in [2.45, 2.75) is 49.8 Å². The van der Waals surface area contributed by atoms with E-state index in [1.807, 2.05) is 49.2 Å². The van der Waals surface area contributed by atoms with E-state index in [4.69, 9.17) is 9.72 Å². The molecule has 1 saturated heterocycles. The van der Waals surface area contributed by atoms with Gasteiger partial charge in [-0.3, -0.25) is 25.0 Å². The average Bonchev–Trinajstić information content (AvgIpc) is 3.49. The van der Waals surface area contributed by atoms with Crippen LogP contribution in [0.5, 0.6) is 0 Å². The zero-order chi connectivity index (χ0) is 23.5. The summed E-state index contributed by atoms with van der Waals surface area (Å²) in [6, 6.07) is 15.0. The zero-order valence-corrected chi connectivity index (χ0v) is 19.8.